The fourth-order valence-corrected chi connectivity index (χ4v) is 4.20. The molecule has 2 heterocycles. The zero-order valence-electron chi connectivity index (χ0n) is 22.0. The highest BCUT2D eigenvalue weighted by Crippen LogP contribution is 2.34. The van der Waals surface area contributed by atoms with Gasteiger partial charge in [0.2, 0.25) is 16.0 Å². The number of hydrogen-bond donors (Lipinski definition) is 3. The highest BCUT2D eigenvalue weighted by Gasteiger charge is 2.35. The van der Waals surface area contributed by atoms with E-state index >= 15 is 0 Å². The first kappa shape index (κ1) is 29.3. The van der Waals surface area contributed by atoms with Crippen LogP contribution in [0.3, 0.4) is 0 Å². The number of alkyl halides is 3. The van der Waals surface area contributed by atoms with Gasteiger partial charge in [-0.15, -0.1) is 0 Å². The zero-order chi connectivity index (χ0) is 29.6. The van der Waals surface area contributed by atoms with Gasteiger partial charge in [-0.1, -0.05) is 42.5 Å². The predicted octanol–water partition coefficient (Wildman–Crippen LogP) is 4.57. The van der Waals surface area contributed by atoms with Gasteiger partial charge in [0.1, 0.15) is 17.2 Å². The number of anilines is 4. The first-order valence-electron chi connectivity index (χ1n) is 12.2. The molecule has 0 radical (unpaired) electrons. The van der Waals surface area contributed by atoms with Gasteiger partial charge >= 0.3 is 6.18 Å². The van der Waals surface area contributed by atoms with Crippen LogP contribution < -0.4 is 20.3 Å². The Balaban J connectivity index is 1.53. The molecule has 41 heavy (non-hydrogen) atoms. The molecule has 3 N–H and O–H groups in total. The summed E-state index contributed by atoms with van der Waals surface area (Å²) >= 11 is 0. The van der Waals surface area contributed by atoms with E-state index in [9.17, 15) is 26.4 Å². The average Bonchev–Trinajstić information content (AvgIpc) is 2.94. The second-order valence-corrected chi connectivity index (χ2v) is 10.9. The van der Waals surface area contributed by atoms with Crippen LogP contribution in [0.5, 0.6) is 0 Å². The molecule has 0 spiro atoms. The van der Waals surface area contributed by atoms with Gasteiger partial charge in [0, 0.05) is 49.3 Å². The van der Waals surface area contributed by atoms with Gasteiger partial charge in [-0.25, -0.2) is 18.4 Å². The molecule has 0 aliphatic rings. The van der Waals surface area contributed by atoms with Crippen LogP contribution in [0.2, 0.25) is 0 Å². The quantitative estimate of drug-likeness (QED) is 0.247. The Labute approximate surface area is 234 Å². The molecular formula is C27H26F3N7O3S. The van der Waals surface area contributed by atoms with E-state index in [1.54, 1.807) is 24.3 Å². The third-order valence-electron chi connectivity index (χ3n) is 5.88. The van der Waals surface area contributed by atoms with Crippen LogP contribution in [0.15, 0.2) is 79.1 Å². The summed E-state index contributed by atoms with van der Waals surface area (Å²) in [5.41, 5.74) is 0.854. The normalized spacial score (nSPS) is 11.5. The maximum atomic E-state index is 13.7. The summed E-state index contributed by atoms with van der Waals surface area (Å²) in [7, 11) is -2.37. The summed E-state index contributed by atoms with van der Waals surface area (Å²) in [4.78, 5) is 24.5. The first-order chi connectivity index (χ1) is 19.4. The first-order valence-corrected chi connectivity index (χ1v) is 14.0. The highest BCUT2D eigenvalue weighted by molar-refractivity contribution is 7.92. The standard InChI is InChI=1S/C27H26F3N7O3S/c1-37(41(2,39)40)24-20(11-7-13-31-24)16-32-23-22(27(28,29)30)17-34-26(36-23)35-21-12-6-10-19(14-21)25(38)33-15-18-8-4-3-5-9-18/h3-14,17H,15-16H2,1-2H3,(H,33,38)(H2,32,34,35,36). The fourth-order valence-electron chi connectivity index (χ4n) is 3.72. The van der Waals surface area contributed by atoms with E-state index in [2.05, 4.69) is 30.9 Å². The summed E-state index contributed by atoms with van der Waals surface area (Å²) in [6.07, 6.45) is -1.75. The van der Waals surface area contributed by atoms with Gasteiger partial charge in [0.15, 0.2) is 0 Å². The van der Waals surface area contributed by atoms with E-state index in [4.69, 9.17) is 0 Å². The molecule has 0 unspecified atom stereocenters. The Hall–Kier alpha value is -4.72. The molecule has 4 rings (SSSR count). The monoisotopic (exact) mass is 585 g/mol. The Morgan fingerprint density at radius 2 is 1.73 bits per heavy atom. The van der Waals surface area contributed by atoms with Crippen molar-refractivity contribution in [2.75, 3.05) is 28.2 Å². The Morgan fingerprint density at radius 1 is 0.976 bits per heavy atom. The van der Waals surface area contributed by atoms with Crippen LogP contribution in [0, 0.1) is 0 Å². The molecule has 4 aromatic rings. The van der Waals surface area contributed by atoms with Crippen LogP contribution in [0.1, 0.15) is 27.0 Å². The molecule has 0 saturated heterocycles. The average molecular weight is 586 g/mol. The van der Waals surface area contributed by atoms with Crippen LogP contribution in [0.25, 0.3) is 0 Å². The lowest BCUT2D eigenvalue weighted by atomic mass is 10.1. The molecule has 0 atom stereocenters. The number of amides is 1. The van der Waals surface area contributed by atoms with Crippen molar-refractivity contribution in [3.63, 3.8) is 0 Å². The van der Waals surface area contributed by atoms with E-state index in [0.29, 0.717) is 29.6 Å². The minimum Gasteiger partial charge on any atom is -0.365 e. The second-order valence-electron chi connectivity index (χ2n) is 8.90. The van der Waals surface area contributed by atoms with Crippen molar-refractivity contribution in [1.29, 1.82) is 0 Å². The van der Waals surface area contributed by atoms with Crippen molar-refractivity contribution < 1.29 is 26.4 Å². The second kappa shape index (κ2) is 12.2. The molecular weight excluding hydrogens is 559 g/mol. The summed E-state index contributed by atoms with van der Waals surface area (Å²) in [5, 5.41) is 8.28. The number of carbonyl (C=O) groups excluding carboxylic acids is 1. The lowest BCUT2D eigenvalue weighted by molar-refractivity contribution is -0.137. The van der Waals surface area contributed by atoms with Gasteiger partial charge in [-0.3, -0.25) is 9.10 Å². The Bertz CT molecular complexity index is 1630. The van der Waals surface area contributed by atoms with Crippen molar-refractivity contribution in [3.05, 3.63) is 101 Å². The minimum absolute atomic E-state index is 0.0609. The molecule has 0 aliphatic heterocycles. The van der Waals surface area contributed by atoms with Crippen molar-refractivity contribution >= 4 is 39.2 Å². The molecule has 0 aliphatic carbocycles. The van der Waals surface area contributed by atoms with Gasteiger partial charge in [0.05, 0.1) is 6.26 Å². The third-order valence-corrected chi connectivity index (χ3v) is 7.05. The number of aromatic nitrogens is 3. The number of nitrogens with zero attached hydrogens (tertiary/aromatic N) is 4. The maximum absolute atomic E-state index is 13.7. The van der Waals surface area contributed by atoms with Gasteiger partial charge in [-0.2, -0.15) is 18.2 Å². The van der Waals surface area contributed by atoms with Crippen LogP contribution >= 0.6 is 0 Å². The third kappa shape index (κ3) is 7.69. The predicted molar refractivity (Wildman–Crippen MR) is 149 cm³/mol. The summed E-state index contributed by atoms with van der Waals surface area (Å²) < 4.78 is 66.2. The number of carbonyl (C=O) groups is 1. The summed E-state index contributed by atoms with van der Waals surface area (Å²) in [6, 6.07) is 18.8. The van der Waals surface area contributed by atoms with Crippen LogP contribution in [0.4, 0.5) is 36.4 Å². The SMILES string of the molecule is CN(c1ncccc1CNc1nc(Nc2cccc(C(=O)NCc3ccccc3)c2)ncc1C(F)(F)F)S(C)(=O)=O. The van der Waals surface area contributed by atoms with Gasteiger partial charge < -0.3 is 16.0 Å². The number of benzene rings is 2. The zero-order valence-corrected chi connectivity index (χ0v) is 22.8. The van der Waals surface area contributed by atoms with Gasteiger partial charge in [-0.05, 0) is 29.8 Å². The number of sulfonamides is 1. The molecule has 0 fully saturated rings. The van der Waals surface area contributed by atoms with E-state index in [0.717, 1.165) is 16.1 Å². The molecule has 1 amide bonds. The number of pyridine rings is 1. The van der Waals surface area contributed by atoms with Gasteiger partial charge in [0.25, 0.3) is 5.91 Å². The Morgan fingerprint density at radius 3 is 2.44 bits per heavy atom. The molecule has 14 heteroatoms. The van der Waals surface area contributed by atoms with Crippen molar-refractivity contribution in [1.82, 2.24) is 20.3 Å². The lowest BCUT2D eigenvalue weighted by Crippen LogP contribution is -2.27. The topological polar surface area (TPSA) is 129 Å². The summed E-state index contributed by atoms with van der Waals surface area (Å²) in [6.45, 7) is 0.118. The van der Waals surface area contributed by atoms with Crippen molar-refractivity contribution in [2.24, 2.45) is 0 Å². The number of halogens is 3. The van der Waals surface area contributed by atoms with Crippen molar-refractivity contribution in [3.8, 4) is 0 Å². The molecule has 214 valence electrons. The molecule has 2 aromatic carbocycles. The van der Waals surface area contributed by atoms with Crippen LogP contribution in [-0.4, -0.2) is 42.6 Å². The van der Waals surface area contributed by atoms with E-state index in [-0.39, 0.29) is 24.2 Å². The lowest BCUT2D eigenvalue weighted by Gasteiger charge is -2.20. The maximum Gasteiger partial charge on any atom is 0.421 e. The highest BCUT2D eigenvalue weighted by atomic mass is 32.2. The Kier molecular flexibility index (Phi) is 8.71. The van der Waals surface area contributed by atoms with E-state index < -0.39 is 27.6 Å². The minimum atomic E-state index is -4.76. The van der Waals surface area contributed by atoms with E-state index in [1.807, 2.05) is 30.3 Å². The molecule has 2 aromatic heterocycles. The number of hydrogen-bond acceptors (Lipinski definition) is 8. The molecule has 0 bridgehead atoms. The molecule has 0 saturated carbocycles. The smallest absolute Gasteiger partial charge is 0.365 e. The van der Waals surface area contributed by atoms with E-state index in [1.165, 1.54) is 25.4 Å². The number of rotatable bonds is 10. The van der Waals surface area contributed by atoms with Crippen LogP contribution in [-0.2, 0) is 29.3 Å². The molecule has 10 nitrogen and oxygen atoms in total. The van der Waals surface area contributed by atoms with Crippen molar-refractivity contribution in [2.45, 2.75) is 19.3 Å². The summed E-state index contributed by atoms with van der Waals surface area (Å²) in [5.74, 6) is -0.948. The fraction of sp³-hybridized carbons (Fsp3) is 0.185. The number of nitrogens with one attached hydrogen (secondary N) is 3. The largest absolute Gasteiger partial charge is 0.421 e.